The van der Waals surface area contributed by atoms with Gasteiger partial charge in [0, 0.05) is 36.2 Å². The van der Waals surface area contributed by atoms with Crippen molar-refractivity contribution in [3.05, 3.63) is 108 Å². The molecule has 37 heavy (non-hydrogen) atoms. The first-order valence-corrected chi connectivity index (χ1v) is 12.7. The molecule has 2 saturated heterocycles. The molecule has 1 amide bonds. The van der Waals surface area contributed by atoms with E-state index in [4.69, 9.17) is 0 Å². The van der Waals surface area contributed by atoms with E-state index in [9.17, 15) is 14.7 Å². The largest absolute Gasteiger partial charge is 0.507 e. The van der Waals surface area contributed by atoms with Gasteiger partial charge in [-0.2, -0.15) is 0 Å². The summed E-state index contributed by atoms with van der Waals surface area (Å²) in [5.41, 5.74) is 2.74. The molecule has 3 heterocycles. The van der Waals surface area contributed by atoms with Gasteiger partial charge >= 0.3 is 0 Å². The quantitative estimate of drug-likeness (QED) is 0.221. The van der Waals surface area contributed by atoms with Crippen LogP contribution in [0.3, 0.4) is 0 Å². The summed E-state index contributed by atoms with van der Waals surface area (Å²) >= 11 is 0. The Kier molecular flexibility index (Phi) is 5.93. The van der Waals surface area contributed by atoms with Crippen LogP contribution in [0.1, 0.15) is 36.6 Å². The fraction of sp³-hybridized carbons (Fsp3) is 0.194. The van der Waals surface area contributed by atoms with Crippen LogP contribution in [0.2, 0.25) is 0 Å². The monoisotopic (exact) mass is 489 g/mol. The van der Waals surface area contributed by atoms with Crippen LogP contribution in [0, 0.1) is 0 Å². The first-order valence-electron chi connectivity index (χ1n) is 12.7. The zero-order chi connectivity index (χ0) is 25.4. The molecule has 184 valence electrons. The number of Topliss-reactive ketones (excluding diaryl/α,β-unsaturated/α-hetero) is 1. The average Bonchev–Trinajstić information content (AvgIpc) is 3.23. The lowest BCUT2D eigenvalue weighted by Crippen LogP contribution is -2.31. The highest BCUT2D eigenvalue weighted by Gasteiger charge is 2.47. The molecule has 1 aromatic heterocycles. The molecule has 1 atom stereocenters. The van der Waals surface area contributed by atoms with Gasteiger partial charge in [0.2, 0.25) is 0 Å². The minimum atomic E-state index is -0.839. The van der Waals surface area contributed by atoms with Gasteiger partial charge in [0.15, 0.2) is 0 Å². The van der Waals surface area contributed by atoms with E-state index in [-0.39, 0.29) is 11.3 Å². The number of aliphatic hydroxyl groups excluding tert-OH is 1. The number of aliphatic hydroxyl groups is 1. The lowest BCUT2D eigenvalue weighted by Gasteiger charge is -2.30. The zero-order valence-corrected chi connectivity index (χ0v) is 20.4. The van der Waals surface area contributed by atoms with E-state index in [0.29, 0.717) is 16.9 Å². The molecule has 0 radical (unpaired) electrons. The number of aromatic nitrogens is 1. The summed E-state index contributed by atoms with van der Waals surface area (Å²) < 4.78 is 0. The van der Waals surface area contributed by atoms with Gasteiger partial charge in [-0.15, -0.1) is 0 Å². The Bertz CT molecular complexity index is 1510. The number of hydrogen-bond acceptors (Lipinski definition) is 5. The van der Waals surface area contributed by atoms with E-state index in [1.54, 1.807) is 24.4 Å². The number of piperidine rings is 1. The topological polar surface area (TPSA) is 73.7 Å². The summed E-state index contributed by atoms with van der Waals surface area (Å²) in [5, 5.41) is 13.4. The van der Waals surface area contributed by atoms with Crippen LogP contribution in [-0.4, -0.2) is 34.9 Å². The summed E-state index contributed by atoms with van der Waals surface area (Å²) in [4.78, 5) is 35.1. The minimum absolute atomic E-state index is 0.0408. The molecule has 4 aromatic rings. The fourth-order valence-corrected chi connectivity index (χ4v) is 5.38. The summed E-state index contributed by atoms with van der Waals surface area (Å²) in [6, 6.07) is 25.6. The van der Waals surface area contributed by atoms with Crippen molar-refractivity contribution in [3.63, 3.8) is 0 Å². The second-order valence-electron chi connectivity index (χ2n) is 9.55. The van der Waals surface area contributed by atoms with Gasteiger partial charge in [-0.25, -0.2) is 0 Å². The molecule has 2 aliphatic heterocycles. The highest BCUT2D eigenvalue weighted by atomic mass is 16.3. The van der Waals surface area contributed by atoms with Crippen LogP contribution in [0.25, 0.3) is 16.5 Å². The molecule has 6 heteroatoms. The number of hydrogen-bond donors (Lipinski definition) is 1. The van der Waals surface area contributed by atoms with Crippen molar-refractivity contribution in [2.45, 2.75) is 25.3 Å². The molecule has 0 aliphatic carbocycles. The van der Waals surface area contributed by atoms with Gasteiger partial charge < -0.3 is 10.0 Å². The number of anilines is 2. The fourth-order valence-electron chi connectivity index (χ4n) is 5.38. The third-order valence-corrected chi connectivity index (χ3v) is 7.28. The van der Waals surface area contributed by atoms with Crippen molar-refractivity contribution in [1.29, 1.82) is 0 Å². The van der Waals surface area contributed by atoms with Crippen LogP contribution in [0.5, 0.6) is 0 Å². The summed E-state index contributed by atoms with van der Waals surface area (Å²) in [5.74, 6) is -1.60. The van der Waals surface area contributed by atoms with Crippen molar-refractivity contribution < 1.29 is 14.7 Å². The van der Waals surface area contributed by atoms with Gasteiger partial charge in [0.05, 0.1) is 11.3 Å². The molecule has 2 fully saturated rings. The number of fused-ring (bicyclic) bond motifs is 1. The van der Waals surface area contributed by atoms with E-state index in [1.165, 1.54) is 24.2 Å². The van der Waals surface area contributed by atoms with E-state index in [1.807, 2.05) is 66.7 Å². The Morgan fingerprint density at radius 1 is 0.784 bits per heavy atom. The molecule has 0 spiro atoms. The van der Waals surface area contributed by atoms with Gasteiger partial charge in [-0.3, -0.25) is 19.5 Å². The Balaban J connectivity index is 1.45. The first-order chi connectivity index (χ1) is 18.1. The molecule has 0 bridgehead atoms. The maximum atomic E-state index is 13.4. The zero-order valence-electron chi connectivity index (χ0n) is 20.4. The second-order valence-corrected chi connectivity index (χ2v) is 9.55. The average molecular weight is 490 g/mol. The number of nitrogens with zero attached hydrogens (tertiary/aromatic N) is 3. The molecule has 1 unspecified atom stereocenters. The van der Waals surface area contributed by atoms with E-state index in [2.05, 4.69) is 9.88 Å². The van der Waals surface area contributed by atoms with Gasteiger partial charge in [0.1, 0.15) is 11.8 Å². The molecule has 2 aliphatic rings. The van der Waals surface area contributed by atoms with Crippen LogP contribution in [0.4, 0.5) is 11.4 Å². The maximum Gasteiger partial charge on any atom is 0.300 e. The van der Waals surface area contributed by atoms with E-state index < -0.39 is 17.7 Å². The number of benzene rings is 3. The molecule has 0 saturated carbocycles. The number of carbonyl (C=O) groups is 2. The highest BCUT2D eigenvalue weighted by molar-refractivity contribution is 6.51. The molecular weight excluding hydrogens is 462 g/mol. The molecule has 6 nitrogen and oxygen atoms in total. The normalized spacial score (nSPS) is 19.5. The van der Waals surface area contributed by atoms with Crippen LogP contribution < -0.4 is 9.80 Å². The van der Waals surface area contributed by atoms with Crippen molar-refractivity contribution in [2.24, 2.45) is 0 Å². The molecule has 6 rings (SSSR count). The highest BCUT2D eigenvalue weighted by Crippen LogP contribution is 2.42. The van der Waals surface area contributed by atoms with E-state index >= 15 is 0 Å². The van der Waals surface area contributed by atoms with Crippen molar-refractivity contribution in [1.82, 2.24) is 4.98 Å². The van der Waals surface area contributed by atoms with Crippen LogP contribution in [-0.2, 0) is 9.59 Å². The third-order valence-electron chi connectivity index (χ3n) is 7.28. The third kappa shape index (κ3) is 4.14. The first kappa shape index (κ1) is 23.0. The lowest BCUT2D eigenvalue weighted by atomic mass is 9.97. The molecular formula is C31H27N3O3. The van der Waals surface area contributed by atoms with Gasteiger partial charge in [0.25, 0.3) is 11.7 Å². The van der Waals surface area contributed by atoms with Crippen molar-refractivity contribution in [2.75, 3.05) is 22.9 Å². The number of amides is 1. The van der Waals surface area contributed by atoms with E-state index in [0.717, 1.165) is 29.5 Å². The predicted molar refractivity (Wildman–Crippen MR) is 145 cm³/mol. The number of rotatable bonds is 4. The number of pyridine rings is 1. The smallest absolute Gasteiger partial charge is 0.300 e. The lowest BCUT2D eigenvalue weighted by molar-refractivity contribution is -0.132. The molecule has 3 aromatic carbocycles. The SMILES string of the molecule is O=C1C(=O)N(c2ccc(N3CCCCC3)cc2)C(c2ccccn2)/C1=C(/O)c1ccc2ccccc2c1. The number of ketones is 1. The second kappa shape index (κ2) is 9.54. The summed E-state index contributed by atoms with van der Waals surface area (Å²) in [7, 11) is 0. The Morgan fingerprint density at radius 2 is 1.49 bits per heavy atom. The summed E-state index contributed by atoms with van der Waals surface area (Å²) in [6.07, 6.45) is 5.22. The summed E-state index contributed by atoms with van der Waals surface area (Å²) in [6.45, 7) is 2.03. The maximum absolute atomic E-state index is 13.4. The Labute approximate surface area is 215 Å². The number of carbonyl (C=O) groups excluding carboxylic acids is 2. The Hall–Kier alpha value is -4.45. The van der Waals surface area contributed by atoms with Crippen molar-refractivity contribution >= 4 is 39.6 Å². The van der Waals surface area contributed by atoms with Gasteiger partial charge in [-0.1, -0.05) is 42.5 Å². The minimum Gasteiger partial charge on any atom is -0.507 e. The predicted octanol–water partition coefficient (Wildman–Crippen LogP) is 5.85. The van der Waals surface area contributed by atoms with Crippen LogP contribution in [0.15, 0.2) is 96.7 Å². The van der Waals surface area contributed by atoms with Crippen LogP contribution >= 0.6 is 0 Å². The van der Waals surface area contributed by atoms with Gasteiger partial charge in [-0.05, 0) is 72.5 Å². The Morgan fingerprint density at radius 3 is 2.22 bits per heavy atom. The standard InChI is InChI=1S/C31H27N3O3/c35-29(23-12-11-21-8-2-3-9-22(21)20-23)27-28(26-10-4-5-17-32-26)34(31(37)30(27)36)25-15-13-24(14-16-25)33-18-6-1-7-19-33/h2-5,8-17,20,28,35H,1,6-7,18-19H2/b29-27-. The van der Waals surface area contributed by atoms with Crippen molar-refractivity contribution in [3.8, 4) is 0 Å². The molecule has 1 N–H and O–H groups in total.